The zero-order valence-electron chi connectivity index (χ0n) is 16.6. The van der Waals surface area contributed by atoms with Crippen LogP contribution in [-0.4, -0.2) is 93.2 Å². The van der Waals surface area contributed by atoms with E-state index >= 15 is 0 Å². The monoisotopic (exact) mass is 464 g/mol. The van der Waals surface area contributed by atoms with Gasteiger partial charge in [-0.05, 0) is 31.3 Å². The van der Waals surface area contributed by atoms with Crippen molar-refractivity contribution >= 4 is 54.1 Å². The van der Waals surface area contributed by atoms with Crippen LogP contribution < -0.4 is 16.4 Å². The molecule has 4 unspecified atom stereocenters. The molecule has 0 aromatic rings. The number of aliphatic carboxylic acids is 2. The number of carbonyl (C=O) groups excluding carboxylic acids is 3. The molecule has 1 aliphatic rings. The zero-order chi connectivity index (χ0) is 22.8. The molecule has 1 rings (SSSR count). The predicted molar refractivity (Wildman–Crippen MR) is 113 cm³/mol. The number of thioether (sulfide) groups is 1. The first-order valence-corrected chi connectivity index (χ1v) is 11.4. The van der Waals surface area contributed by atoms with E-state index < -0.39 is 60.2 Å². The van der Waals surface area contributed by atoms with Crippen LogP contribution in [0.5, 0.6) is 0 Å². The average molecular weight is 465 g/mol. The van der Waals surface area contributed by atoms with Gasteiger partial charge < -0.3 is 31.5 Å². The molecule has 0 radical (unpaired) electrons. The Morgan fingerprint density at radius 3 is 2.40 bits per heavy atom. The standard InChI is InChI=1S/C17H28N4O7S2/c1-30-6-4-10(17(27)28)19-14(24)11(7-13(22)23)20-15(25)12-3-2-5-21(12)16(26)9(18)8-29/h9-12,29H,2-8,18H2,1H3,(H,19,24)(H,20,25)(H,22,23)(H,27,28). The minimum atomic E-state index is -1.48. The number of thiol groups is 1. The summed E-state index contributed by atoms with van der Waals surface area (Å²) in [6.45, 7) is 0.309. The smallest absolute Gasteiger partial charge is 0.326 e. The van der Waals surface area contributed by atoms with Crippen molar-refractivity contribution in [3.8, 4) is 0 Å². The molecule has 1 saturated heterocycles. The van der Waals surface area contributed by atoms with E-state index in [-0.39, 0.29) is 12.2 Å². The van der Waals surface area contributed by atoms with Gasteiger partial charge in [0.2, 0.25) is 17.7 Å². The molecule has 0 aliphatic carbocycles. The van der Waals surface area contributed by atoms with Crippen molar-refractivity contribution in [3.63, 3.8) is 0 Å². The number of nitrogens with one attached hydrogen (secondary N) is 2. The van der Waals surface area contributed by atoms with Gasteiger partial charge in [0.1, 0.15) is 18.1 Å². The quantitative estimate of drug-likeness (QED) is 0.188. The third kappa shape index (κ3) is 7.69. The van der Waals surface area contributed by atoms with Crippen LogP contribution in [0.4, 0.5) is 0 Å². The number of carboxylic acids is 2. The number of amides is 3. The van der Waals surface area contributed by atoms with Gasteiger partial charge in [-0.15, -0.1) is 0 Å². The summed E-state index contributed by atoms with van der Waals surface area (Å²) in [5.41, 5.74) is 5.70. The second-order valence-corrected chi connectivity index (χ2v) is 8.17. The lowest BCUT2D eigenvalue weighted by Crippen LogP contribution is -2.57. The molecule has 0 saturated carbocycles. The maximum atomic E-state index is 12.7. The largest absolute Gasteiger partial charge is 0.481 e. The van der Waals surface area contributed by atoms with Crippen molar-refractivity contribution in [2.75, 3.05) is 24.3 Å². The van der Waals surface area contributed by atoms with Crippen molar-refractivity contribution in [1.29, 1.82) is 0 Å². The lowest BCUT2D eigenvalue weighted by molar-refractivity contribution is -0.144. The second-order valence-electron chi connectivity index (χ2n) is 6.82. The van der Waals surface area contributed by atoms with Gasteiger partial charge in [0.15, 0.2) is 0 Å². The highest BCUT2D eigenvalue weighted by Gasteiger charge is 2.38. The molecule has 170 valence electrons. The molecular weight excluding hydrogens is 436 g/mol. The summed E-state index contributed by atoms with van der Waals surface area (Å²) >= 11 is 5.38. The van der Waals surface area contributed by atoms with Crippen molar-refractivity contribution in [3.05, 3.63) is 0 Å². The van der Waals surface area contributed by atoms with Gasteiger partial charge in [-0.1, -0.05) is 0 Å². The summed E-state index contributed by atoms with van der Waals surface area (Å²) in [4.78, 5) is 61.4. The lowest BCUT2D eigenvalue weighted by Gasteiger charge is -2.28. The molecule has 11 nitrogen and oxygen atoms in total. The Balaban J connectivity index is 2.89. The van der Waals surface area contributed by atoms with E-state index in [4.69, 9.17) is 10.8 Å². The SMILES string of the molecule is CSCCC(NC(=O)C(CC(=O)O)NC(=O)C1CCCN1C(=O)C(N)CS)C(=O)O. The highest BCUT2D eigenvalue weighted by molar-refractivity contribution is 7.98. The molecule has 3 amide bonds. The van der Waals surface area contributed by atoms with Crippen molar-refractivity contribution in [2.45, 2.75) is 49.9 Å². The molecule has 1 heterocycles. The minimum absolute atomic E-state index is 0.0976. The highest BCUT2D eigenvalue weighted by Crippen LogP contribution is 2.19. The molecule has 1 aliphatic heterocycles. The van der Waals surface area contributed by atoms with E-state index in [0.29, 0.717) is 25.1 Å². The van der Waals surface area contributed by atoms with E-state index in [9.17, 15) is 29.1 Å². The number of likely N-dealkylation sites (tertiary alicyclic amines) is 1. The number of hydrogen-bond acceptors (Lipinski definition) is 8. The molecule has 30 heavy (non-hydrogen) atoms. The summed E-state index contributed by atoms with van der Waals surface area (Å²) in [7, 11) is 0. The van der Waals surface area contributed by atoms with Crippen LogP contribution >= 0.6 is 24.4 Å². The van der Waals surface area contributed by atoms with Gasteiger partial charge in [0.25, 0.3) is 0 Å². The summed E-state index contributed by atoms with van der Waals surface area (Å²) in [5.74, 6) is -4.09. The molecule has 0 bridgehead atoms. The number of rotatable bonds is 12. The number of carbonyl (C=O) groups is 5. The van der Waals surface area contributed by atoms with E-state index in [1.165, 1.54) is 16.7 Å². The van der Waals surface area contributed by atoms with Gasteiger partial charge in [-0.3, -0.25) is 19.2 Å². The van der Waals surface area contributed by atoms with Crippen molar-refractivity contribution in [1.82, 2.24) is 15.5 Å². The summed E-state index contributed by atoms with van der Waals surface area (Å²) in [6, 6.07) is -4.47. The van der Waals surface area contributed by atoms with Gasteiger partial charge in [-0.25, -0.2) is 4.79 Å². The van der Waals surface area contributed by atoms with Crippen LogP contribution in [0.15, 0.2) is 0 Å². The van der Waals surface area contributed by atoms with E-state index in [1.807, 2.05) is 0 Å². The van der Waals surface area contributed by atoms with Gasteiger partial charge >= 0.3 is 11.9 Å². The third-order valence-corrected chi connectivity index (χ3v) is 5.63. The summed E-state index contributed by atoms with van der Waals surface area (Å²) in [5, 5.41) is 23.0. The number of carboxylic acid groups (broad SMARTS) is 2. The second kappa shape index (κ2) is 12.6. The Hall–Kier alpha value is -1.99. The number of nitrogens with zero attached hydrogens (tertiary/aromatic N) is 1. The maximum absolute atomic E-state index is 12.7. The average Bonchev–Trinajstić information content (AvgIpc) is 3.18. The minimum Gasteiger partial charge on any atom is -0.481 e. The van der Waals surface area contributed by atoms with Crippen LogP contribution in [0.25, 0.3) is 0 Å². The Labute approximate surface area is 183 Å². The molecule has 1 fully saturated rings. The lowest BCUT2D eigenvalue weighted by atomic mass is 10.1. The first-order valence-electron chi connectivity index (χ1n) is 9.33. The Morgan fingerprint density at radius 2 is 1.87 bits per heavy atom. The fourth-order valence-electron chi connectivity index (χ4n) is 3.01. The molecule has 6 N–H and O–H groups in total. The normalized spacial score (nSPS) is 18.9. The van der Waals surface area contributed by atoms with Gasteiger partial charge in [0, 0.05) is 12.3 Å². The summed E-state index contributed by atoms with van der Waals surface area (Å²) < 4.78 is 0. The Bertz CT molecular complexity index is 664. The van der Waals surface area contributed by atoms with E-state index in [2.05, 4.69) is 23.3 Å². The van der Waals surface area contributed by atoms with Crippen LogP contribution in [0, 0.1) is 0 Å². The molecular formula is C17H28N4O7S2. The molecule has 4 atom stereocenters. The van der Waals surface area contributed by atoms with E-state index in [0.717, 1.165) is 0 Å². The predicted octanol–water partition coefficient (Wildman–Crippen LogP) is -1.48. The fraction of sp³-hybridized carbons (Fsp3) is 0.706. The molecule has 0 spiro atoms. The maximum Gasteiger partial charge on any atom is 0.326 e. The van der Waals surface area contributed by atoms with Crippen molar-refractivity contribution < 1.29 is 34.2 Å². The van der Waals surface area contributed by atoms with Crippen LogP contribution in [0.1, 0.15) is 25.7 Å². The molecule has 0 aromatic heterocycles. The zero-order valence-corrected chi connectivity index (χ0v) is 18.3. The topological polar surface area (TPSA) is 179 Å². The van der Waals surface area contributed by atoms with Crippen LogP contribution in [0.3, 0.4) is 0 Å². The Kier molecular flexibility index (Phi) is 11.0. The number of hydrogen-bond donors (Lipinski definition) is 6. The summed E-state index contributed by atoms with van der Waals surface area (Å²) in [6.07, 6.45) is 2.08. The third-order valence-electron chi connectivity index (χ3n) is 4.59. The first kappa shape index (κ1) is 26.0. The van der Waals surface area contributed by atoms with Gasteiger partial charge in [0.05, 0.1) is 12.5 Å². The Morgan fingerprint density at radius 1 is 1.20 bits per heavy atom. The highest BCUT2D eigenvalue weighted by atomic mass is 32.2. The van der Waals surface area contributed by atoms with Crippen molar-refractivity contribution in [2.24, 2.45) is 5.73 Å². The van der Waals surface area contributed by atoms with Crippen LogP contribution in [0.2, 0.25) is 0 Å². The molecule has 13 heteroatoms. The number of nitrogens with two attached hydrogens (primary N) is 1. The fourth-order valence-corrected chi connectivity index (χ4v) is 3.64. The van der Waals surface area contributed by atoms with Gasteiger partial charge in [-0.2, -0.15) is 24.4 Å². The van der Waals surface area contributed by atoms with Crippen LogP contribution in [-0.2, 0) is 24.0 Å². The first-order chi connectivity index (χ1) is 14.1. The molecule has 0 aromatic carbocycles. The van der Waals surface area contributed by atoms with E-state index in [1.54, 1.807) is 6.26 Å².